The summed E-state index contributed by atoms with van der Waals surface area (Å²) in [5.74, 6) is -1.06. The molecule has 1 aliphatic rings. The maximum Gasteiger partial charge on any atom is 0.312 e. The Morgan fingerprint density at radius 2 is 2.00 bits per heavy atom. The molecule has 0 saturated heterocycles. The van der Waals surface area contributed by atoms with Gasteiger partial charge in [-0.25, -0.2) is 0 Å². The summed E-state index contributed by atoms with van der Waals surface area (Å²) in [5, 5.41) is 20.1. The number of benzene rings is 1. The number of aliphatic carboxylic acids is 1. The summed E-state index contributed by atoms with van der Waals surface area (Å²) >= 11 is 11.6. The van der Waals surface area contributed by atoms with Crippen LogP contribution in [0.5, 0.6) is 5.75 Å². The molecule has 108 valence electrons. The molecule has 0 heterocycles. The van der Waals surface area contributed by atoms with E-state index in [9.17, 15) is 14.9 Å². The van der Waals surface area contributed by atoms with E-state index in [0.717, 1.165) is 12.5 Å². The molecule has 1 aromatic carbocycles. The molecule has 0 atom stereocenters. The molecule has 1 saturated carbocycles. The van der Waals surface area contributed by atoms with Crippen LogP contribution in [-0.4, -0.2) is 21.6 Å². The summed E-state index contributed by atoms with van der Waals surface area (Å²) in [7, 11) is 0. The molecular weight excluding hydrogens is 309 g/mol. The fraction of sp³-hybridized carbons (Fsp3) is 0.417. The van der Waals surface area contributed by atoms with Crippen LogP contribution in [0.3, 0.4) is 0 Å². The van der Waals surface area contributed by atoms with Crippen LogP contribution in [0.15, 0.2) is 12.1 Å². The van der Waals surface area contributed by atoms with Gasteiger partial charge in [0.25, 0.3) is 0 Å². The van der Waals surface area contributed by atoms with Gasteiger partial charge in [-0.3, -0.25) is 14.9 Å². The number of nitro groups is 1. The van der Waals surface area contributed by atoms with Gasteiger partial charge in [-0.05, 0) is 19.3 Å². The fourth-order valence-corrected chi connectivity index (χ4v) is 2.45. The van der Waals surface area contributed by atoms with E-state index in [4.69, 9.17) is 33.0 Å². The van der Waals surface area contributed by atoms with Crippen molar-refractivity contribution in [2.45, 2.75) is 31.3 Å². The van der Waals surface area contributed by atoms with E-state index < -0.39 is 16.5 Å². The summed E-state index contributed by atoms with van der Waals surface area (Å²) in [6.07, 6.45) is 1.69. The maximum absolute atomic E-state index is 11.0. The molecule has 0 amide bonds. The van der Waals surface area contributed by atoms with Crippen LogP contribution in [0.2, 0.25) is 10.0 Å². The standard InChI is InChI=1S/C12H11Cl2NO5/c13-7-4-9(15(18)19)10(5-8(7)14)20-12(2-1-3-12)6-11(16)17/h4-5H,1-3,6H2,(H,16,17). The molecule has 20 heavy (non-hydrogen) atoms. The smallest absolute Gasteiger partial charge is 0.312 e. The van der Waals surface area contributed by atoms with Gasteiger partial charge >= 0.3 is 11.7 Å². The molecule has 1 aromatic rings. The Kier molecular flexibility index (Phi) is 4.06. The number of hydrogen-bond acceptors (Lipinski definition) is 4. The SMILES string of the molecule is O=C(O)CC1(Oc2cc(Cl)c(Cl)cc2[N+](=O)[O-])CCC1. The molecule has 0 spiro atoms. The lowest BCUT2D eigenvalue weighted by Gasteiger charge is -2.40. The predicted octanol–water partition coefficient (Wildman–Crippen LogP) is 3.68. The van der Waals surface area contributed by atoms with Crippen molar-refractivity contribution >= 4 is 34.9 Å². The van der Waals surface area contributed by atoms with Crippen LogP contribution in [0.1, 0.15) is 25.7 Å². The van der Waals surface area contributed by atoms with Crippen molar-refractivity contribution in [1.29, 1.82) is 0 Å². The third-order valence-corrected chi connectivity index (χ3v) is 3.99. The van der Waals surface area contributed by atoms with Gasteiger partial charge in [-0.15, -0.1) is 0 Å². The van der Waals surface area contributed by atoms with Gasteiger partial charge in [0, 0.05) is 12.1 Å². The van der Waals surface area contributed by atoms with Gasteiger partial charge in [0.05, 0.1) is 21.4 Å². The number of carboxylic acids is 1. The quantitative estimate of drug-likeness (QED) is 0.660. The van der Waals surface area contributed by atoms with E-state index in [-0.39, 0.29) is 27.9 Å². The van der Waals surface area contributed by atoms with E-state index in [1.165, 1.54) is 6.07 Å². The summed E-state index contributed by atoms with van der Waals surface area (Å²) in [5.41, 5.74) is -1.22. The van der Waals surface area contributed by atoms with Crippen LogP contribution in [0.25, 0.3) is 0 Å². The van der Waals surface area contributed by atoms with Crippen molar-refractivity contribution in [1.82, 2.24) is 0 Å². The van der Waals surface area contributed by atoms with Crippen molar-refractivity contribution in [2.24, 2.45) is 0 Å². The second-order valence-electron chi connectivity index (χ2n) is 4.70. The Balaban J connectivity index is 2.34. The monoisotopic (exact) mass is 319 g/mol. The Morgan fingerprint density at radius 3 is 2.45 bits per heavy atom. The first-order valence-electron chi connectivity index (χ1n) is 5.87. The zero-order valence-corrected chi connectivity index (χ0v) is 11.8. The minimum Gasteiger partial charge on any atom is -0.481 e. The second kappa shape index (κ2) is 5.46. The molecule has 2 rings (SSSR count). The van der Waals surface area contributed by atoms with E-state index in [1.807, 2.05) is 0 Å². The van der Waals surface area contributed by atoms with E-state index in [1.54, 1.807) is 0 Å². The molecule has 0 unspecified atom stereocenters. The van der Waals surface area contributed by atoms with Crippen molar-refractivity contribution in [3.8, 4) is 5.75 Å². The first kappa shape index (κ1) is 14.9. The molecule has 0 radical (unpaired) electrons. The highest BCUT2D eigenvalue weighted by atomic mass is 35.5. The van der Waals surface area contributed by atoms with Gasteiger partial charge < -0.3 is 9.84 Å². The van der Waals surface area contributed by atoms with Crippen molar-refractivity contribution in [2.75, 3.05) is 0 Å². The number of carboxylic acid groups (broad SMARTS) is 1. The lowest BCUT2D eigenvalue weighted by atomic mass is 9.77. The fourth-order valence-electron chi connectivity index (χ4n) is 2.14. The van der Waals surface area contributed by atoms with E-state index in [2.05, 4.69) is 0 Å². The normalized spacial score (nSPS) is 16.3. The number of nitrogens with zero attached hydrogens (tertiary/aromatic N) is 1. The molecule has 1 N–H and O–H groups in total. The van der Waals surface area contributed by atoms with Crippen LogP contribution in [0, 0.1) is 10.1 Å². The maximum atomic E-state index is 11.0. The second-order valence-corrected chi connectivity index (χ2v) is 5.51. The highest BCUT2D eigenvalue weighted by Crippen LogP contribution is 2.44. The molecule has 6 nitrogen and oxygen atoms in total. The summed E-state index contributed by atoms with van der Waals surface area (Å²) in [6.45, 7) is 0. The minimum absolute atomic E-state index is 0.0478. The molecular formula is C12H11Cl2NO5. The van der Waals surface area contributed by atoms with Crippen molar-refractivity contribution < 1.29 is 19.6 Å². The Hall–Kier alpha value is -1.53. The zero-order valence-electron chi connectivity index (χ0n) is 10.3. The van der Waals surface area contributed by atoms with Gasteiger partial charge in [0.1, 0.15) is 5.60 Å². The topological polar surface area (TPSA) is 89.7 Å². The lowest BCUT2D eigenvalue weighted by molar-refractivity contribution is -0.386. The van der Waals surface area contributed by atoms with Crippen LogP contribution >= 0.6 is 23.2 Å². The highest BCUT2D eigenvalue weighted by molar-refractivity contribution is 6.42. The number of carbonyl (C=O) groups is 1. The first-order valence-corrected chi connectivity index (χ1v) is 6.63. The molecule has 1 fully saturated rings. The number of ether oxygens (including phenoxy) is 1. The molecule has 0 aliphatic heterocycles. The van der Waals surface area contributed by atoms with Crippen LogP contribution in [0.4, 0.5) is 5.69 Å². The third kappa shape index (κ3) is 2.96. The number of hydrogen-bond donors (Lipinski definition) is 1. The largest absolute Gasteiger partial charge is 0.481 e. The van der Waals surface area contributed by atoms with Crippen molar-refractivity contribution in [3.05, 3.63) is 32.3 Å². The van der Waals surface area contributed by atoms with Crippen LogP contribution < -0.4 is 4.74 Å². The highest BCUT2D eigenvalue weighted by Gasteiger charge is 2.43. The average molecular weight is 320 g/mol. The van der Waals surface area contributed by atoms with Gasteiger partial charge in [0.15, 0.2) is 5.75 Å². The Bertz CT molecular complexity index is 571. The molecule has 0 bridgehead atoms. The van der Waals surface area contributed by atoms with E-state index in [0.29, 0.717) is 12.8 Å². The third-order valence-electron chi connectivity index (χ3n) is 3.26. The average Bonchev–Trinajstić information content (AvgIpc) is 2.29. The zero-order chi connectivity index (χ0) is 14.9. The first-order chi connectivity index (χ1) is 9.33. The lowest BCUT2D eigenvalue weighted by Crippen LogP contribution is -2.45. The number of halogens is 2. The Morgan fingerprint density at radius 1 is 1.40 bits per heavy atom. The van der Waals surface area contributed by atoms with Crippen LogP contribution in [-0.2, 0) is 4.79 Å². The van der Waals surface area contributed by atoms with Gasteiger partial charge in [0.2, 0.25) is 0 Å². The molecule has 0 aromatic heterocycles. The summed E-state index contributed by atoms with van der Waals surface area (Å²) in [6, 6.07) is 2.36. The molecule has 8 heteroatoms. The minimum atomic E-state index is -1.01. The van der Waals surface area contributed by atoms with Gasteiger partial charge in [-0.1, -0.05) is 23.2 Å². The summed E-state index contributed by atoms with van der Waals surface area (Å²) in [4.78, 5) is 21.2. The molecule has 1 aliphatic carbocycles. The Labute approximate surface area is 124 Å². The van der Waals surface area contributed by atoms with Gasteiger partial charge in [-0.2, -0.15) is 0 Å². The van der Waals surface area contributed by atoms with E-state index >= 15 is 0 Å². The van der Waals surface area contributed by atoms with Crippen molar-refractivity contribution in [3.63, 3.8) is 0 Å². The summed E-state index contributed by atoms with van der Waals surface area (Å²) < 4.78 is 5.61. The number of nitro benzene ring substituents is 1. The predicted molar refractivity (Wildman–Crippen MR) is 72.6 cm³/mol. The number of rotatable bonds is 5.